The van der Waals surface area contributed by atoms with Crippen molar-refractivity contribution in [2.24, 2.45) is 5.73 Å². The van der Waals surface area contributed by atoms with Gasteiger partial charge in [0.2, 0.25) is 0 Å². The monoisotopic (exact) mass is 256 g/mol. The van der Waals surface area contributed by atoms with Crippen LogP contribution in [-0.4, -0.2) is 13.0 Å². The summed E-state index contributed by atoms with van der Waals surface area (Å²) in [6.45, 7) is 0. The Morgan fingerprint density at radius 2 is 1.74 bits per heavy atom. The number of methoxy groups -OCH3 is 1. The van der Waals surface area contributed by atoms with Crippen LogP contribution in [0.5, 0.6) is 0 Å². The predicted molar refractivity (Wildman–Crippen MR) is 74.8 cm³/mol. The van der Waals surface area contributed by atoms with E-state index in [1.54, 1.807) is 18.2 Å². The van der Waals surface area contributed by atoms with Crippen LogP contribution in [0.2, 0.25) is 0 Å². The molecule has 0 fully saturated rings. The van der Waals surface area contributed by atoms with Gasteiger partial charge in [0.15, 0.2) is 0 Å². The Morgan fingerprint density at radius 3 is 2.42 bits per heavy atom. The highest BCUT2D eigenvalue weighted by molar-refractivity contribution is 6.04. The van der Waals surface area contributed by atoms with Gasteiger partial charge in [-0.25, -0.2) is 0 Å². The van der Waals surface area contributed by atoms with E-state index in [-0.39, 0.29) is 5.91 Å². The van der Waals surface area contributed by atoms with Gasteiger partial charge in [0.1, 0.15) is 6.23 Å². The van der Waals surface area contributed by atoms with E-state index in [1.807, 2.05) is 36.4 Å². The lowest BCUT2D eigenvalue weighted by Gasteiger charge is -2.15. The smallest absolute Gasteiger partial charge is 0.255 e. The highest BCUT2D eigenvalue weighted by Crippen LogP contribution is 2.22. The minimum atomic E-state index is -0.563. The van der Waals surface area contributed by atoms with Gasteiger partial charge in [-0.2, -0.15) is 0 Å². The molecule has 1 unspecified atom stereocenters. The Hall–Kier alpha value is -2.17. The third-order valence-electron chi connectivity index (χ3n) is 2.81. The van der Waals surface area contributed by atoms with E-state index < -0.39 is 6.23 Å². The Labute approximate surface area is 112 Å². The number of amides is 1. The van der Waals surface area contributed by atoms with E-state index in [0.29, 0.717) is 11.3 Å². The highest BCUT2D eigenvalue weighted by Gasteiger charge is 2.12. The van der Waals surface area contributed by atoms with E-state index in [4.69, 9.17) is 10.5 Å². The second kappa shape index (κ2) is 6.13. The largest absolute Gasteiger partial charge is 0.362 e. The van der Waals surface area contributed by atoms with Crippen LogP contribution >= 0.6 is 0 Å². The molecule has 4 heteroatoms. The van der Waals surface area contributed by atoms with Crippen LogP contribution in [0.1, 0.15) is 22.1 Å². The molecule has 98 valence electrons. The van der Waals surface area contributed by atoms with Crippen LogP contribution in [0.25, 0.3) is 0 Å². The molecule has 1 amide bonds. The van der Waals surface area contributed by atoms with Crippen LogP contribution in [0, 0.1) is 0 Å². The first-order chi connectivity index (χ1) is 9.22. The van der Waals surface area contributed by atoms with Gasteiger partial charge >= 0.3 is 0 Å². The third-order valence-corrected chi connectivity index (χ3v) is 2.81. The van der Waals surface area contributed by atoms with Crippen LogP contribution < -0.4 is 11.1 Å². The predicted octanol–water partition coefficient (Wildman–Crippen LogP) is 2.54. The summed E-state index contributed by atoms with van der Waals surface area (Å²) in [6.07, 6.45) is -0.563. The first-order valence-electron chi connectivity index (χ1n) is 5.96. The summed E-state index contributed by atoms with van der Waals surface area (Å²) in [6, 6.07) is 16.3. The number of ether oxygens (including phenoxy) is 1. The first-order valence-corrected chi connectivity index (χ1v) is 5.96. The van der Waals surface area contributed by atoms with Crippen molar-refractivity contribution < 1.29 is 9.53 Å². The topological polar surface area (TPSA) is 64.3 Å². The maximum atomic E-state index is 12.1. The molecule has 0 heterocycles. The number of benzene rings is 2. The van der Waals surface area contributed by atoms with Crippen LogP contribution in [0.4, 0.5) is 5.69 Å². The van der Waals surface area contributed by atoms with Gasteiger partial charge < -0.3 is 15.8 Å². The zero-order valence-corrected chi connectivity index (χ0v) is 10.7. The first kappa shape index (κ1) is 13.3. The van der Waals surface area contributed by atoms with Gasteiger partial charge in [-0.1, -0.05) is 36.4 Å². The minimum Gasteiger partial charge on any atom is -0.362 e. The van der Waals surface area contributed by atoms with Crippen molar-refractivity contribution in [3.05, 3.63) is 65.7 Å². The summed E-state index contributed by atoms with van der Waals surface area (Å²) in [5.41, 5.74) is 7.84. The van der Waals surface area contributed by atoms with Crippen molar-refractivity contribution in [3.8, 4) is 0 Å². The number of rotatable bonds is 4. The molecule has 0 saturated carbocycles. The number of nitrogens with two attached hydrogens (primary N) is 1. The number of hydrogen-bond acceptors (Lipinski definition) is 3. The number of carbonyl (C=O) groups excluding carboxylic acids is 1. The molecule has 2 aromatic carbocycles. The van der Waals surface area contributed by atoms with E-state index in [9.17, 15) is 4.79 Å². The van der Waals surface area contributed by atoms with Gasteiger partial charge in [0.25, 0.3) is 5.91 Å². The maximum absolute atomic E-state index is 12.1. The average Bonchev–Trinajstić information content (AvgIpc) is 2.48. The number of nitrogens with one attached hydrogen (secondary N) is 1. The minimum absolute atomic E-state index is 0.170. The number of para-hydroxylation sites is 1. The molecule has 0 aromatic heterocycles. The van der Waals surface area contributed by atoms with Crippen LogP contribution in [0.3, 0.4) is 0 Å². The van der Waals surface area contributed by atoms with Crippen molar-refractivity contribution in [3.63, 3.8) is 0 Å². The molecule has 0 aliphatic rings. The van der Waals surface area contributed by atoms with Crippen LogP contribution in [-0.2, 0) is 4.74 Å². The third kappa shape index (κ3) is 3.19. The fourth-order valence-electron chi connectivity index (χ4n) is 1.77. The molecule has 0 aliphatic heterocycles. The second-order valence-electron chi connectivity index (χ2n) is 4.06. The zero-order valence-electron chi connectivity index (χ0n) is 10.7. The van der Waals surface area contributed by atoms with Crippen molar-refractivity contribution in [1.29, 1.82) is 0 Å². The van der Waals surface area contributed by atoms with E-state index >= 15 is 0 Å². The number of anilines is 1. The molecule has 0 aliphatic carbocycles. The molecule has 0 radical (unpaired) electrons. The van der Waals surface area contributed by atoms with Gasteiger partial charge in [-0.15, -0.1) is 0 Å². The summed E-state index contributed by atoms with van der Waals surface area (Å²) in [5, 5.41) is 2.84. The molecular weight excluding hydrogens is 240 g/mol. The summed E-state index contributed by atoms with van der Waals surface area (Å²) >= 11 is 0. The Balaban J connectivity index is 2.22. The summed E-state index contributed by atoms with van der Waals surface area (Å²) < 4.78 is 5.09. The Bertz CT molecular complexity index is 555. The van der Waals surface area contributed by atoms with Gasteiger partial charge in [-0.05, 0) is 18.2 Å². The number of carbonyl (C=O) groups is 1. The van der Waals surface area contributed by atoms with Gasteiger partial charge in [0, 0.05) is 23.9 Å². The normalized spacial score (nSPS) is 11.9. The van der Waals surface area contributed by atoms with Crippen molar-refractivity contribution in [2.45, 2.75) is 6.23 Å². The van der Waals surface area contributed by atoms with Crippen molar-refractivity contribution >= 4 is 11.6 Å². The Kier molecular flexibility index (Phi) is 4.28. The summed E-state index contributed by atoms with van der Waals surface area (Å²) in [7, 11) is 1.53. The molecule has 3 N–H and O–H groups in total. The standard InChI is InChI=1S/C15H16N2O2/c1-19-14(16)12-9-5-6-10-13(12)17-15(18)11-7-3-2-4-8-11/h2-10,14H,16H2,1H3,(H,17,18). The molecule has 19 heavy (non-hydrogen) atoms. The summed E-state index contributed by atoms with van der Waals surface area (Å²) in [4.78, 5) is 12.1. The van der Waals surface area contributed by atoms with E-state index in [2.05, 4.69) is 5.32 Å². The lowest BCUT2D eigenvalue weighted by molar-refractivity contribution is 0.102. The Morgan fingerprint density at radius 1 is 1.11 bits per heavy atom. The van der Waals surface area contributed by atoms with Gasteiger partial charge in [0.05, 0.1) is 0 Å². The number of hydrogen-bond donors (Lipinski definition) is 2. The molecule has 0 bridgehead atoms. The van der Waals surface area contributed by atoms with Crippen molar-refractivity contribution in [2.75, 3.05) is 12.4 Å². The molecule has 2 rings (SSSR count). The molecule has 0 spiro atoms. The maximum Gasteiger partial charge on any atom is 0.255 e. The fourth-order valence-corrected chi connectivity index (χ4v) is 1.77. The molecule has 2 aromatic rings. The van der Waals surface area contributed by atoms with Crippen molar-refractivity contribution in [1.82, 2.24) is 0 Å². The molecule has 0 saturated heterocycles. The SMILES string of the molecule is COC(N)c1ccccc1NC(=O)c1ccccc1. The second-order valence-corrected chi connectivity index (χ2v) is 4.06. The fraction of sp³-hybridized carbons (Fsp3) is 0.133. The molecule has 1 atom stereocenters. The highest BCUT2D eigenvalue weighted by atomic mass is 16.5. The average molecular weight is 256 g/mol. The lowest BCUT2D eigenvalue weighted by atomic mass is 10.1. The van der Waals surface area contributed by atoms with Crippen LogP contribution in [0.15, 0.2) is 54.6 Å². The quantitative estimate of drug-likeness (QED) is 0.826. The van der Waals surface area contributed by atoms with Gasteiger partial charge in [-0.3, -0.25) is 4.79 Å². The zero-order chi connectivity index (χ0) is 13.7. The molecular formula is C15H16N2O2. The van der Waals surface area contributed by atoms with E-state index in [0.717, 1.165) is 5.56 Å². The summed E-state index contributed by atoms with van der Waals surface area (Å²) in [5.74, 6) is -0.170. The van der Waals surface area contributed by atoms with E-state index in [1.165, 1.54) is 7.11 Å². The lowest BCUT2D eigenvalue weighted by Crippen LogP contribution is -2.18. The molecule has 4 nitrogen and oxygen atoms in total.